The highest BCUT2D eigenvalue weighted by molar-refractivity contribution is 9.11. The number of aromatic nitrogens is 2. The number of piperidine rings is 1. The van der Waals surface area contributed by atoms with E-state index in [-0.39, 0.29) is 5.56 Å². The molecule has 0 spiro atoms. The van der Waals surface area contributed by atoms with Crippen molar-refractivity contribution in [3.63, 3.8) is 0 Å². The van der Waals surface area contributed by atoms with Crippen LogP contribution in [0.15, 0.2) is 25.9 Å². The summed E-state index contributed by atoms with van der Waals surface area (Å²) in [7, 11) is 0. The number of benzene rings is 1. The van der Waals surface area contributed by atoms with Crippen molar-refractivity contribution in [2.75, 3.05) is 13.1 Å². The van der Waals surface area contributed by atoms with Crippen molar-refractivity contribution >= 4 is 42.8 Å². The summed E-state index contributed by atoms with van der Waals surface area (Å²) >= 11 is 6.88. The SMILES string of the molecule is O=c1[nH]c(CN2CCCCC2)nc2c(Br)cc(Br)cc12. The fraction of sp³-hybridized carbons (Fsp3) is 0.429. The minimum absolute atomic E-state index is 0.0796. The van der Waals surface area contributed by atoms with E-state index >= 15 is 0 Å². The van der Waals surface area contributed by atoms with E-state index in [2.05, 4.69) is 46.7 Å². The molecule has 1 saturated heterocycles. The molecule has 0 atom stereocenters. The lowest BCUT2D eigenvalue weighted by molar-refractivity contribution is 0.216. The molecule has 2 aromatic rings. The number of halogens is 2. The van der Waals surface area contributed by atoms with Crippen molar-refractivity contribution < 1.29 is 0 Å². The van der Waals surface area contributed by atoms with Gasteiger partial charge in [0.2, 0.25) is 0 Å². The van der Waals surface area contributed by atoms with E-state index < -0.39 is 0 Å². The smallest absolute Gasteiger partial charge is 0.258 e. The highest BCUT2D eigenvalue weighted by Gasteiger charge is 2.14. The first-order valence-corrected chi connectivity index (χ1v) is 8.32. The molecular weight excluding hydrogens is 386 g/mol. The molecule has 2 heterocycles. The van der Waals surface area contributed by atoms with Crippen molar-refractivity contribution in [3.05, 3.63) is 37.3 Å². The third-order valence-corrected chi connectivity index (χ3v) is 4.66. The van der Waals surface area contributed by atoms with Gasteiger partial charge in [-0.3, -0.25) is 9.69 Å². The van der Waals surface area contributed by atoms with Gasteiger partial charge in [0, 0.05) is 8.95 Å². The molecule has 0 amide bonds. The van der Waals surface area contributed by atoms with E-state index in [1.54, 1.807) is 6.07 Å². The molecule has 0 bridgehead atoms. The third kappa shape index (κ3) is 2.97. The van der Waals surface area contributed by atoms with Gasteiger partial charge in [0.15, 0.2) is 0 Å². The Bertz CT molecular complexity index is 693. The fourth-order valence-electron chi connectivity index (χ4n) is 2.62. The predicted octanol–water partition coefficient (Wildman–Crippen LogP) is 3.43. The number of hydrogen-bond donors (Lipinski definition) is 1. The zero-order valence-electron chi connectivity index (χ0n) is 11.0. The van der Waals surface area contributed by atoms with Gasteiger partial charge in [0.1, 0.15) is 5.82 Å². The monoisotopic (exact) mass is 399 g/mol. The summed E-state index contributed by atoms with van der Waals surface area (Å²) in [6.45, 7) is 2.89. The normalized spacial score (nSPS) is 16.7. The summed E-state index contributed by atoms with van der Waals surface area (Å²) in [5.41, 5.74) is 0.646. The summed E-state index contributed by atoms with van der Waals surface area (Å²) in [6.07, 6.45) is 3.76. The number of nitrogens with zero attached hydrogens (tertiary/aromatic N) is 2. The average molecular weight is 401 g/mol. The Morgan fingerprint density at radius 2 is 1.95 bits per heavy atom. The Morgan fingerprint density at radius 3 is 2.70 bits per heavy atom. The molecule has 106 valence electrons. The number of nitrogens with one attached hydrogen (secondary N) is 1. The second-order valence-corrected chi connectivity index (χ2v) is 6.90. The van der Waals surface area contributed by atoms with Gasteiger partial charge in [-0.1, -0.05) is 22.4 Å². The number of rotatable bonds is 2. The Balaban J connectivity index is 1.98. The van der Waals surface area contributed by atoms with Crippen molar-refractivity contribution in [3.8, 4) is 0 Å². The Morgan fingerprint density at radius 1 is 1.20 bits per heavy atom. The van der Waals surface area contributed by atoms with Crippen LogP contribution in [0.1, 0.15) is 25.1 Å². The third-order valence-electron chi connectivity index (χ3n) is 3.60. The van der Waals surface area contributed by atoms with Crippen LogP contribution < -0.4 is 5.56 Å². The second-order valence-electron chi connectivity index (χ2n) is 5.13. The maximum atomic E-state index is 12.2. The quantitative estimate of drug-likeness (QED) is 0.839. The van der Waals surface area contributed by atoms with E-state index in [0.717, 1.165) is 33.4 Å². The van der Waals surface area contributed by atoms with Gasteiger partial charge in [0.25, 0.3) is 5.56 Å². The van der Waals surface area contributed by atoms with Crippen molar-refractivity contribution in [2.45, 2.75) is 25.8 Å². The predicted molar refractivity (Wildman–Crippen MR) is 86.9 cm³/mol. The van der Waals surface area contributed by atoms with E-state index in [1.165, 1.54) is 19.3 Å². The van der Waals surface area contributed by atoms with Crippen LogP contribution in [0.2, 0.25) is 0 Å². The van der Waals surface area contributed by atoms with Gasteiger partial charge in [-0.15, -0.1) is 0 Å². The molecule has 0 aliphatic carbocycles. The topological polar surface area (TPSA) is 49.0 Å². The van der Waals surface area contributed by atoms with Crippen molar-refractivity contribution in [2.24, 2.45) is 0 Å². The van der Waals surface area contributed by atoms with Crippen LogP contribution in [0.3, 0.4) is 0 Å². The fourth-order valence-corrected chi connectivity index (χ4v) is 3.93. The lowest BCUT2D eigenvalue weighted by Crippen LogP contribution is -2.30. The molecule has 1 N–H and O–H groups in total. The number of aromatic amines is 1. The van der Waals surface area contributed by atoms with Crippen LogP contribution >= 0.6 is 31.9 Å². The van der Waals surface area contributed by atoms with E-state index in [0.29, 0.717) is 11.9 Å². The van der Waals surface area contributed by atoms with Crippen LogP contribution in [-0.4, -0.2) is 28.0 Å². The molecule has 1 aliphatic heterocycles. The molecule has 3 rings (SSSR count). The molecule has 1 aromatic heterocycles. The molecule has 20 heavy (non-hydrogen) atoms. The Kier molecular flexibility index (Phi) is 4.23. The summed E-state index contributed by atoms with van der Waals surface area (Å²) in [5, 5.41) is 0.605. The standard InChI is InChI=1S/C14H15Br2N3O/c15-9-6-10-13(11(16)7-9)17-12(18-14(10)20)8-19-4-2-1-3-5-19/h6-7H,1-5,8H2,(H,17,18,20). The largest absolute Gasteiger partial charge is 0.309 e. The van der Waals surface area contributed by atoms with Crippen LogP contribution in [0.25, 0.3) is 10.9 Å². The zero-order chi connectivity index (χ0) is 14.1. The summed E-state index contributed by atoms with van der Waals surface area (Å²) in [5.74, 6) is 0.743. The van der Waals surface area contributed by atoms with E-state index in [1.807, 2.05) is 6.07 Å². The number of fused-ring (bicyclic) bond motifs is 1. The van der Waals surface area contributed by atoms with Gasteiger partial charge in [-0.05, 0) is 54.0 Å². The minimum atomic E-state index is -0.0796. The van der Waals surface area contributed by atoms with Crippen LogP contribution in [0.5, 0.6) is 0 Å². The van der Waals surface area contributed by atoms with Gasteiger partial charge in [-0.2, -0.15) is 0 Å². The van der Waals surface area contributed by atoms with E-state index in [9.17, 15) is 4.79 Å². The second kappa shape index (κ2) is 5.95. The van der Waals surface area contributed by atoms with Gasteiger partial charge >= 0.3 is 0 Å². The summed E-state index contributed by atoms with van der Waals surface area (Å²) in [4.78, 5) is 22.0. The van der Waals surface area contributed by atoms with Crippen LogP contribution in [0, 0.1) is 0 Å². The number of H-pyrrole nitrogens is 1. The molecule has 1 aromatic carbocycles. The highest BCUT2D eigenvalue weighted by atomic mass is 79.9. The lowest BCUT2D eigenvalue weighted by atomic mass is 10.1. The minimum Gasteiger partial charge on any atom is -0.309 e. The first-order valence-electron chi connectivity index (χ1n) is 6.74. The van der Waals surface area contributed by atoms with E-state index in [4.69, 9.17) is 0 Å². The highest BCUT2D eigenvalue weighted by Crippen LogP contribution is 2.25. The molecule has 1 fully saturated rings. The summed E-state index contributed by atoms with van der Waals surface area (Å²) in [6, 6.07) is 3.72. The van der Waals surface area contributed by atoms with Gasteiger partial charge in [-0.25, -0.2) is 4.98 Å². The van der Waals surface area contributed by atoms with Gasteiger partial charge in [0.05, 0.1) is 17.4 Å². The Labute approximate surface area is 133 Å². The first-order chi connectivity index (χ1) is 9.63. The first kappa shape index (κ1) is 14.2. The molecule has 0 unspecified atom stereocenters. The van der Waals surface area contributed by atoms with Gasteiger partial charge < -0.3 is 4.98 Å². The lowest BCUT2D eigenvalue weighted by Gasteiger charge is -2.25. The number of hydrogen-bond acceptors (Lipinski definition) is 3. The summed E-state index contributed by atoms with van der Waals surface area (Å²) < 4.78 is 1.71. The maximum absolute atomic E-state index is 12.2. The molecule has 0 saturated carbocycles. The molecule has 1 aliphatic rings. The number of likely N-dealkylation sites (tertiary alicyclic amines) is 1. The van der Waals surface area contributed by atoms with Crippen molar-refractivity contribution in [1.29, 1.82) is 0 Å². The molecule has 0 radical (unpaired) electrons. The Hall–Kier alpha value is -0.720. The average Bonchev–Trinajstić information content (AvgIpc) is 2.41. The zero-order valence-corrected chi connectivity index (χ0v) is 14.1. The van der Waals surface area contributed by atoms with Crippen molar-refractivity contribution in [1.82, 2.24) is 14.9 Å². The molecule has 6 heteroatoms. The van der Waals surface area contributed by atoms with Crippen LogP contribution in [0.4, 0.5) is 0 Å². The molecule has 4 nitrogen and oxygen atoms in total. The maximum Gasteiger partial charge on any atom is 0.258 e. The molecular formula is C14H15Br2N3O. The van der Waals surface area contributed by atoms with Crippen LogP contribution in [-0.2, 0) is 6.54 Å².